The van der Waals surface area contributed by atoms with Gasteiger partial charge in [0.05, 0.1) is 0 Å². The molecule has 2 N–H and O–H groups in total. The number of fused-ring (bicyclic) bond motifs is 1. The van der Waals surface area contributed by atoms with E-state index in [0.29, 0.717) is 0 Å². The van der Waals surface area contributed by atoms with Crippen LogP contribution in [0.4, 0.5) is 5.69 Å². The second kappa shape index (κ2) is 5.29. The molecular formula is C15H23N3. The number of piperazine rings is 1. The van der Waals surface area contributed by atoms with Gasteiger partial charge in [0.1, 0.15) is 0 Å². The van der Waals surface area contributed by atoms with Crippen molar-refractivity contribution in [3.63, 3.8) is 0 Å². The molecule has 0 saturated carbocycles. The maximum Gasteiger partial charge on any atom is 0.0400 e. The minimum atomic E-state index is 0.737. The van der Waals surface area contributed by atoms with Gasteiger partial charge in [-0.15, -0.1) is 0 Å². The van der Waals surface area contributed by atoms with E-state index in [0.717, 1.165) is 25.6 Å². The van der Waals surface area contributed by atoms with Crippen LogP contribution in [0.1, 0.15) is 18.4 Å². The van der Waals surface area contributed by atoms with Crippen LogP contribution in [-0.4, -0.2) is 43.7 Å². The average molecular weight is 245 g/mol. The van der Waals surface area contributed by atoms with Gasteiger partial charge in [0.25, 0.3) is 0 Å². The molecule has 0 aromatic heterocycles. The highest BCUT2D eigenvalue weighted by molar-refractivity contribution is 5.54. The van der Waals surface area contributed by atoms with Crippen molar-refractivity contribution < 1.29 is 0 Å². The fourth-order valence-electron chi connectivity index (χ4n) is 3.40. The molecule has 2 aliphatic heterocycles. The van der Waals surface area contributed by atoms with E-state index in [9.17, 15) is 0 Å². The lowest BCUT2D eigenvalue weighted by molar-refractivity contribution is 0.231. The fourth-order valence-corrected chi connectivity index (χ4v) is 3.40. The standard InChI is InChI=1S/C15H23N3/c16-8-7-13-4-1-2-6-15(13)18-11-10-17-9-3-5-14(17)12-18/h1-2,4,6,14H,3,5,7-12,16H2. The first-order valence-electron chi connectivity index (χ1n) is 7.15. The quantitative estimate of drug-likeness (QED) is 0.875. The van der Waals surface area contributed by atoms with Crippen molar-refractivity contribution in [2.75, 3.05) is 37.6 Å². The third-order valence-electron chi connectivity index (χ3n) is 4.33. The Hall–Kier alpha value is -1.06. The first-order valence-corrected chi connectivity index (χ1v) is 7.15. The molecule has 0 spiro atoms. The van der Waals surface area contributed by atoms with Gasteiger partial charge in [-0.1, -0.05) is 18.2 Å². The summed E-state index contributed by atoms with van der Waals surface area (Å²) in [6.07, 6.45) is 3.74. The summed E-state index contributed by atoms with van der Waals surface area (Å²) in [6.45, 7) is 5.63. The molecule has 0 radical (unpaired) electrons. The van der Waals surface area contributed by atoms with Crippen LogP contribution < -0.4 is 10.6 Å². The molecule has 18 heavy (non-hydrogen) atoms. The summed E-state index contributed by atoms with van der Waals surface area (Å²) in [4.78, 5) is 5.22. The largest absolute Gasteiger partial charge is 0.368 e. The van der Waals surface area contributed by atoms with E-state index in [-0.39, 0.29) is 0 Å². The summed E-state index contributed by atoms with van der Waals surface area (Å²) in [5, 5.41) is 0. The number of para-hydroxylation sites is 1. The van der Waals surface area contributed by atoms with Crippen molar-refractivity contribution >= 4 is 5.69 Å². The monoisotopic (exact) mass is 245 g/mol. The summed E-state index contributed by atoms with van der Waals surface area (Å²) in [7, 11) is 0. The van der Waals surface area contributed by atoms with Gasteiger partial charge in [-0.25, -0.2) is 0 Å². The molecule has 3 heteroatoms. The molecular weight excluding hydrogens is 222 g/mol. The van der Waals surface area contributed by atoms with Crippen molar-refractivity contribution in [2.45, 2.75) is 25.3 Å². The molecule has 2 saturated heterocycles. The zero-order valence-corrected chi connectivity index (χ0v) is 11.0. The molecule has 0 aliphatic carbocycles. The fraction of sp³-hybridized carbons (Fsp3) is 0.600. The van der Waals surface area contributed by atoms with Crippen LogP contribution >= 0.6 is 0 Å². The lowest BCUT2D eigenvalue weighted by Gasteiger charge is -2.39. The maximum absolute atomic E-state index is 5.72. The van der Waals surface area contributed by atoms with Crippen LogP contribution in [0.25, 0.3) is 0 Å². The molecule has 1 aromatic rings. The zero-order valence-electron chi connectivity index (χ0n) is 11.0. The van der Waals surface area contributed by atoms with E-state index in [1.807, 2.05) is 0 Å². The molecule has 2 aliphatic rings. The third kappa shape index (κ3) is 2.25. The minimum absolute atomic E-state index is 0.737. The van der Waals surface area contributed by atoms with E-state index < -0.39 is 0 Å². The molecule has 98 valence electrons. The summed E-state index contributed by atoms with van der Waals surface area (Å²) in [6, 6.07) is 9.54. The lowest BCUT2D eigenvalue weighted by atomic mass is 10.1. The Bertz CT molecular complexity index is 404. The summed E-state index contributed by atoms with van der Waals surface area (Å²) in [5.74, 6) is 0. The Balaban J connectivity index is 1.78. The smallest absolute Gasteiger partial charge is 0.0400 e. The molecule has 0 bridgehead atoms. The van der Waals surface area contributed by atoms with Crippen molar-refractivity contribution in [2.24, 2.45) is 5.73 Å². The number of nitrogens with two attached hydrogens (primary N) is 1. The SMILES string of the molecule is NCCc1ccccc1N1CCN2CCCC2C1. The first-order chi connectivity index (χ1) is 8.88. The highest BCUT2D eigenvalue weighted by Gasteiger charge is 2.30. The Kier molecular flexibility index (Phi) is 3.52. The molecule has 2 fully saturated rings. The predicted octanol–water partition coefficient (Wildman–Crippen LogP) is 1.47. The number of anilines is 1. The molecule has 0 amide bonds. The van der Waals surface area contributed by atoms with Gasteiger partial charge < -0.3 is 10.6 Å². The van der Waals surface area contributed by atoms with Crippen LogP contribution in [-0.2, 0) is 6.42 Å². The molecule has 1 aromatic carbocycles. The van der Waals surface area contributed by atoms with E-state index in [2.05, 4.69) is 34.1 Å². The second-order valence-corrected chi connectivity index (χ2v) is 5.45. The Morgan fingerprint density at radius 3 is 2.94 bits per heavy atom. The van der Waals surface area contributed by atoms with Crippen LogP contribution in [0.3, 0.4) is 0 Å². The minimum Gasteiger partial charge on any atom is -0.368 e. The number of hydrogen-bond donors (Lipinski definition) is 1. The zero-order chi connectivity index (χ0) is 12.4. The first kappa shape index (κ1) is 12.0. The normalized spacial score (nSPS) is 24.3. The van der Waals surface area contributed by atoms with Gasteiger partial charge >= 0.3 is 0 Å². The van der Waals surface area contributed by atoms with Gasteiger partial charge in [0.2, 0.25) is 0 Å². The van der Waals surface area contributed by atoms with Gasteiger partial charge in [-0.05, 0) is 44.0 Å². The molecule has 2 heterocycles. The number of nitrogens with zero attached hydrogens (tertiary/aromatic N) is 2. The Labute approximate surface area is 110 Å². The van der Waals surface area contributed by atoms with Gasteiger partial charge in [0.15, 0.2) is 0 Å². The van der Waals surface area contributed by atoms with Gasteiger partial charge in [-0.2, -0.15) is 0 Å². The van der Waals surface area contributed by atoms with Crippen molar-refractivity contribution in [1.29, 1.82) is 0 Å². The number of benzene rings is 1. The van der Waals surface area contributed by atoms with Gasteiger partial charge in [0, 0.05) is 31.4 Å². The highest BCUT2D eigenvalue weighted by Crippen LogP contribution is 2.27. The average Bonchev–Trinajstić information content (AvgIpc) is 2.87. The molecule has 3 rings (SSSR count). The van der Waals surface area contributed by atoms with Crippen molar-refractivity contribution in [3.8, 4) is 0 Å². The van der Waals surface area contributed by atoms with Crippen molar-refractivity contribution in [1.82, 2.24) is 4.90 Å². The van der Waals surface area contributed by atoms with Crippen molar-refractivity contribution in [3.05, 3.63) is 29.8 Å². The van der Waals surface area contributed by atoms with Crippen LogP contribution in [0.15, 0.2) is 24.3 Å². The topological polar surface area (TPSA) is 32.5 Å². The maximum atomic E-state index is 5.72. The second-order valence-electron chi connectivity index (χ2n) is 5.45. The number of hydrogen-bond acceptors (Lipinski definition) is 3. The van der Waals surface area contributed by atoms with E-state index in [1.165, 1.54) is 43.7 Å². The number of rotatable bonds is 3. The van der Waals surface area contributed by atoms with Crippen LogP contribution in [0, 0.1) is 0 Å². The third-order valence-corrected chi connectivity index (χ3v) is 4.33. The van der Waals surface area contributed by atoms with Crippen LogP contribution in [0.2, 0.25) is 0 Å². The highest BCUT2D eigenvalue weighted by atomic mass is 15.3. The van der Waals surface area contributed by atoms with Crippen LogP contribution in [0.5, 0.6) is 0 Å². The predicted molar refractivity (Wildman–Crippen MR) is 76.0 cm³/mol. The molecule has 3 nitrogen and oxygen atoms in total. The van der Waals surface area contributed by atoms with E-state index in [1.54, 1.807) is 0 Å². The van der Waals surface area contributed by atoms with Gasteiger partial charge in [-0.3, -0.25) is 4.90 Å². The lowest BCUT2D eigenvalue weighted by Crippen LogP contribution is -2.50. The summed E-state index contributed by atoms with van der Waals surface area (Å²) in [5.41, 5.74) is 8.54. The van der Waals surface area contributed by atoms with E-state index in [4.69, 9.17) is 5.73 Å². The summed E-state index contributed by atoms with van der Waals surface area (Å²) < 4.78 is 0. The summed E-state index contributed by atoms with van der Waals surface area (Å²) >= 11 is 0. The molecule has 1 atom stereocenters. The Morgan fingerprint density at radius 1 is 1.17 bits per heavy atom. The van der Waals surface area contributed by atoms with E-state index >= 15 is 0 Å². The molecule has 1 unspecified atom stereocenters. The Morgan fingerprint density at radius 2 is 2.06 bits per heavy atom.